The maximum Gasteiger partial charge on any atom is 0.350 e. The highest BCUT2D eigenvalue weighted by molar-refractivity contribution is 5.81. The summed E-state index contributed by atoms with van der Waals surface area (Å²) in [5.41, 5.74) is 1.95. The average Bonchev–Trinajstić information content (AvgIpc) is 2.81. The summed E-state index contributed by atoms with van der Waals surface area (Å²) in [4.78, 5) is 11.2. The molecule has 0 unspecified atom stereocenters. The summed E-state index contributed by atoms with van der Waals surface area (Å²) in [5.74, 6) is -0.312. The minimum absolute atomic E-state index is 0.118. The molecule has 0 atom stereocenters. The maximum absolute atomic E-state index is 11.2. The summed E-state index contributed by atoms with van der Waals surface area (Å²) in [6.07, 6.45) is 1.82. The summed E-state index contributed by atoms with van der Waals surface area (Å²) in [7, 11) is 1.37. The number of para-hydroxylation sites is 1. The van der Waals surface area contributed by atoms with E-state index >= 15 is 0 Å². The van der Waals surface area contributed by atoms with Gasteiger partial charge in [-0.3, -0.25) is 0 Å². The van der Waals surface area contributed by atoms with Crippen LogP contribution < -0.4 is 4.68 Å². The second kappa shape index (κ2) is 4.10. The number of ether oxygens (including phenoxy) is 1. The van der Waals surface area contributed by atoms with Gasteiger partial charge in [-0.05, 0) is 18.2 Å². The summed E-state index contributed by atoms with van der Waals surface area (Å²) in [6, 6.07) is 12.0. The van der Waals surface area contributed by atoms with E-state index in [1.807, 2.05) is 47.1 Å². The molecule has 0 saturated carbocycles. The highest BCUT2D eigenvalue weighted by Crippen LogP contribution is 2.14. The molecule has 0 spiro atoms. The number of benzene rings is 1. The molecule has 2 heterocycles. The quantitative estimate of drug-likeness (QED) is 0.496. The number of aromatic nitrogens is 3. The normalized spacial score (nSPS) is 10.9. The molecule has 0 aliphatic rings. The molecule has 0 N–H and O–H groups in total. The molecule has 90 valence electrons. The lowest BCUT2D eigenvalue weighted by molar-refractivity contribution is -0.743. The molecule has 3 rings (SSSR count). The Bertz CT molecular complexity index is 733. The molecule has 0 amide bonds. The van der Waals surface area contributed by atoms with Gasteiger partial charge in [0.05, 0.1) is 12.3 Å². The van der Waals surface area contributed by atoms with Crippen molar-refractivity contribution in [2.45, 2.75) is 6.54 Å². The van der Waals surface area contributed by atoms with Crippen LogP contribution in [0.4, 0.5) is 0 Å². The third-order valence-corrected chi connectivity index (χ3v) is 2.85. The molecule has 5 heteroatoms. The van der Waals surface area contributed by atoms with E-state index in [2.05, 4.69) is 9.95 Å². The number of hydrogen-bond donors (Lipinski definition) is 0. The van der Waals surface area contributed by atoms with Crippen molar-refractivity contribution in [3.63, 3.8) is 0 Å². The van der Waals surface area contributed by atoms with Gasteiger partial charge in [-0.25, -0.2) is 4.79 Å². The number of esters is 1. The van der Waals surface area contributed by atoms with Gasteiger partial charge in [0, 0.05) is 5.39 Å². The standard InChI is InChI=1S/C13H12N3O2/c1-18-13(17)9-15-8-11-7-6-10-4-2-3-5-12(10)16(11)14-15/h2-8H,9H2,1H3/q+1. The van der Waals surface area contributed by atoms with E-state index in [0.29, 0.717) is 0 Å². The molecule has 0 aliphatic carbocycles. The summed E-state index contributed by atoms with van der Waals surface area (Å²) < 4.78 is 8.02. The van der Waals surface area contributed by atoms with Crippen LogP contribution in [-0.2, 0) is 16.1 Å². The highest BCUT2D eigenvalue weighted by atomic mass is 16.5. The van der Waals surface area contributed by atoms with Gasteiger partial charge >= 0.3 is 5.97 Å². The van der Waals surface area contributed by atoms with E-state index in [1.165, 1.54) is 7.11 Å². The van der Waals surface area contributed by atoms with Gasteiger partial charge in [0.1, 0.15) is 0 Å². The minimum atomic E-state index is -0.312. The Labute approximate surface area is 103 Å². The van der Waals surface area contributed by atoms with Crippen molar-refractivity contribution in [3.8, 4) is 0 Å². The topological polar surface area (TPSA) is 47.5 Å². The van der Waals surface area contributed by atoms with Crippen molar-refractivity contribution in [2.24, 2.45) is 0 Å². The Morgan fingerprint density at radius 2 is 2.17 bits per heavy atom. The third kappa shape index (κ3) is 1.69. The lowest BCUT2D eigenvalue weighted by atomic mass is 10.2. The smallest absolute Gasteiger partial charge is 0.350 e. The van der Waals surface area contributed by atoms with Gasteiger partial charge in [-0.1, -0.05) is 22.7 Å². The first kappa shape index (κ1) is 10.7. The molecule has 18 heavy (non-hydrogen) atoms. The number of hydrogen-bond acceptors (Lipinski definition) is 3. The van der Waals surface area contributed by atoms with Crippen LogP contribution in [0.5, 0.6) is 0 Å². The second-order valence-corrected chi connectivity index (χ2v) is 4.02. The zero-order chi connectivity index (χ0) is 12.5. The summed E-state index contributed by atoms with van der Waals surface area (Å²) in [5, 5.41) is 5.47. The van der Waals surface area contributed by atoms with Crippen molar-refractivity contribution in [1.29, 1.82) is 0 Å². The van der Waals surface area contributed by atoms with Crippen molar-refractivity contribution >= 4 is 22.4 Å². The van der Waals surface area contributed by atoms with Gasteiger partial charge in [0.2, 0.25) is 6.54 Å². The molecule has 2 aromatic heterocycles. The van der Waals surface area contributed by atoms with Crippen molar-refractivity contribution in [3.05, 3.63) is 42.6 Å². The van der Waals surface area contributed by atoms with E-state index in [0.717, 1.165) is 16.4 Å². The molecule has 3 aromatic rings. The van der Waals surface area contributed by atoms with Gasteiger partial charge < -0.3 is 4.74 Å². The number of carbonyl (C=O) groups is 1. The molecule has 0 radical (unpaired) electrons. The fraction of sp³-hybridized carbons (Fsp3) is 0.154. The first-order chi connectivity index (χ1) is 8.78. The zero-order valence-corrected chi connectivity index (χ0v) is 9.91. The fourth-order valence-electron chi connectivity index (χ4n) is 1.97. The van der Waals surface area contributed by atoms with Crippen LogP contribution in [0.25, 0.3) is 16.4 Å². The summed E-state index contributed by atoms with van der Waals surface area (Å²) in [6.45, 7) is 0.118. The van der Waals surface area contributed by atoms with E-state index in [9.17, 15) is 4.79 Å². The molecule has 0 bridgehead atoms. The first-order valence-electron chi connectivity index (χ1n) is 5.62. The maximum atomic E-state index is 11.2. The highest BCUT2D eigenvalue weighted by Gasteiger charge is 2.14. The predicted octanol–water partition coefficient (Wildman–Crippen LogP) is 0.948. The average molecular weight is 242 g/mol. The fourth-order valence-corrected chi connectivity index (χ4v) is 1.97. The van der Waals surface area contributed by atoms with Crippen molar-refractivity contribution in [2.75, 3.05) is 7.11 Å². The SMILES string of the molecule is COC(=O)C[n+]1cc2ccc3ccccc3n2n1. The van der Waals surface area contributed by atoms with Crippen LogP contribution in [0.3, 0.4) is 0 Å². The third-order valence-electron chi connectivity index (χ3n) is 2.85. The lowest BCUT2D eigenvalue weighted by Gasteiger charge is -1.93. The zero-order valence-electron chi connectivity index (χ0n) is 9.91. The number of fused-ring (bicyclic) bond motifs is 3. The Balaban J connectivity index is 2.16. The number of nitrogens with zero attached hydrogens (tertiary/aromatic N) is 3. The number of methoxy groups -OCH3 is 1. The lowest BCUT2D eigenvalue weighted by Crippen LogP contribution is -2.40. The Kier molecular flexibility index (Phi) is 2.44. The molecule has 0 aliphatic heterocycles. The Morgan fingerprint density at radius 3 is 3.00 bits per heavy atom. The van der Waals surface area contributed by atoms with Crippen LogP contribution in [0, 0.1) is 0 Å². The molecule has 1 aromatic carbocycles. The first-order valence-corrected chi connectivity index (χ1v) is 5.62. The molecule has 0 fully saturated rings. The van der Waals surface area contributed by atoms with Crippen molar-refractivity contribution < 1.29 is 14.2 Å². The predicted molar refractivity (Wildman–Crippen MR) is 64.9 cm³/mol. The van der Waals surface area contributed by atoms with Crippen LogP contribution in [0.15, 0.2) is 42.6 Å². The molecule has 0 saturated heterocycles. The monoisotopic (exact) mass is 242 g/mol. The second-order valence-electron chi connectivity index (χ2n) is 4.02. The Hall–Kier alpha value is -2.43. The van der Waals surface area contributed by atoms with Gasteiger partial charge in [0.15, 0.2) is 17.2 Å². The number of pyridine rings is 1. The van der Waals surface area contributed by atoms with Crippen LogP contribution >= 0.6 is 0 Å². The van der Waals surface area contributed by atoms with Gasteiger partial charge in [0.25, 0.3) is 0 Å². The minimum Gasteiger partial charge on any atom is -0.466 e. The number of carbonyl (C=O) groups excluding carboxylic acids is 1. The van der Waals surface area contributed by atoms with Gasteiger partial charge in [-0.15, -0.1) is 4.68 Å². The van der Waals surface area contributed by atoms with Crippen LogP contribution in [-0.4, -0.2) is 22.8 Å². The van der Waals surface area contributed by atoms with E-state index in [1.54, 1.807) is 4.68 Å². The summed E-state index contributed by atoms with van der Waals surface area (Å²) >= 11 is 0. The van der Waals surface area contributed by atoms with Gasteiger partial charge in [-0.2, -0.15) is 0 Å². The molecular weight excluding hydrogens is 230 g/mol. The Morgan fingerprint density at radius 1 is 1.33 bits per heavy atom. The van der Waals surface area contributed by atoms with E-state index < -0.39 is 0 Å². The van der Waals surface area contributed by atoms with Crippen LogP contribution in [0.1, 0.15) is 0 Å². The molecule has 5 nitrogen and oxygen atoms in total. The number of rotatable bonds is 2. The van der Waals surface area contributed by atoms with E-state index in [-0.39, 0.29) is 12.5 Å². The van der Waals surface area contributed by atoms with E-state index in [4.69, 9.17) is 0 Å². The molecular formula is C13H12N3O2+. The van der Waals surface area contributed by atoms with Crippen LogP contribution in [0.2, 0.25) is 0 Å². The van der Waals surface area contributed by atoms with Crippen molar-refractivity contribution in [1.82, 2.24) is 9.73 Å². The largest absolute Gasteiger partial charge is 0.466 e.